The fraction of sp³-hybridized carbons (Fsp3) is 0.368. The van der Waals surface area contributed by atoms with Crippen molar-refractivity contribution in [2.75, 3.05) is 12.4 Å². The smallest absolute Gasteiger partial charge is 0.261 e. The van der Waals surface area contributed by atoms with Crippen molar-refractivity contribution in [3.63, 3.8) is 0 Å². The average Bonchev–Trinajstić information content (AvgIpc) is 3.34. The van der Waals surface area contributed by atoms with E-state index in [1.54, 1.807) is 25.4 Å². The van der Waals surface area contributed by atoms with Crippen LogP contribution in [0.5, 0.6) is 0 Å². The lowest BCUT2D eigenvalue weighted by atomic mass is 10.2. The van der Waals surface area contributed by atoms with Crippen LogP contribution in [0.3, 0.4) is 0 Å². The van der Waals surface area contributed by atoms with Crippen LogP contribution in [0.4, 0.5) is 11.5 Å². The Bertz CT molecular complexity index is 1240. The maximum Gasteiger partial charge on any atom is 0.261 e. The molecule has 146 valence electrons. The lowest BCUT2D eigenvalue weighted by Crippen LogP contribution is -2.18. The highest BCUT2D eigenvalue weighted by atomic mass is 32.2. The largest absolute Gasteiger partial charge is 0.338 e. The summed E-state index contributed by atoms with van der Waals surface area (Å²) in [6, 6.07) is 7.33. The van der Waals surface area contributed by atoms with Gasteiger partial charge in [0.25, 0.3) is 5.56 Å². The number of aromatic amines is 1. The number of pyridine rings is 1. The van der Waals surface area contributed by atoms with Gasteiger partial charge in [0.15, 0.2) is 5.82 Å². The Hall–Kier alpha value is -2.65. The summed E-state index contributed by atoms with van der Waals surface area (Å²) in [5.41, 5.74) is 2.08. The molecule has 3 aromatic rings. The van der Waals surface area contributed by atoms with Crippen LogP contribution in [0.15, 0.2) is 40.2 Å². The Morgan fingerprint density at radius 2 is 2.00 bits per heavy atom. The normalized spacial score (nSPS) is 19.3. The SMILES string of the molecule is CN1Cc2cc(Nc3nn(C4CCCC4)c4cc[nH]c(=O)c34)ccc2S1(=O)=O. The minimum Gasteiger partial charge on any atom is -0.338 e. The lowest BCUT2D eigenvalue weighted by Gasteiger charge is -2.10. The molecular formula is C19H21N5O3S. The molecule has 0 saturated heterocycles. The van der Waals surface area contributed by atoms with Gasteiger partial charge in [-0.25, -0.2) is 8.42 Å². The number of nitrogens with one attached hydrogen (secondary N) is 2. The van der Waals surface area contributed by atoms with E-state index in [9.17, 15) is 13.2 Å². The molecule has 28 heavy (non-hydrogen) atoms. The summed E-state index contributed by atoms with van der Waals surface area (Å²) < 4.78 is 27.8. The van der Waals surface area contributed by atoms with Crippen molar-refractivity contribution >= 4 is 32.4 Å². The molecule has 0 amide bonds. The van der Waals surface area contributed by atoms with E-state index < -0.39 is 10.0 Å². The number of hydrogen-bond acceptors (Lipinski definition) is 5. The van der Waals surface area contributed by atoms with Gasteiger partial charge in [-0.3, -0.25) is 9.48 Å². The lowest BCUT2D eigenvalue weighted by molar-refractivity contribution is 0.483. The second-order valence-electron chi connectivity index (χ2n) is 7.51. The quantitative estimate of drug-likeness (QED) is 0.705. The monoisotopic (exact) mass is 399 g/mol. The number of fused-ring (bicyclic) bond motifs is 2. The Kier molecular flexibility index (Phi) is 3.85. The fourth-order valence-electron chi connectivity index (χ4n) is 4.28. The van der Waals surface area contributed by atoms with Crippen LogP contribution in [-0.2, 0) is 16.6 Å². The molecule has 0 radical (unpaired) electrons. The van der Waals surface area contributed by atoms with Crippen LogP contribution in [0.2, 0.25) is 0 Å². The third-order valence-electron chi connectivity index (χ3n) is 5.71. The highest BCUT2D eigenvalue weighted by molar-refractivity contribution is 7.89. The Labute approximate surface area is 162 Å². The first-order chi connectivity index (χ1) is 13.4. The minimum atomic E-state index is -3.39. The van der Waals surface area contributed by atoms with Crippen molar-refractivity contribution in [3.8, 4) is 0 Å². The zero-order valence-corrected chi connectivity index (χ0v) is 16.3. The topological polar surface area (TPSA) is 100 Å². The van der Waals surface area contributed by atoms with Crippen molar-refractivity contribution in [3.05, 3.63) is 46.4 Å². The molecule has 8 nitrogen and oxygen atoms in total. The molecule has 2 aliphatic rings. The molecule has 0 spiro atoms. The summed E-state index contributed by atoms with van der Waals surface area (Å²) in [6.45, 7) is 0.338. The van der Waals surface area contributed by atoms with E-state index in [0.29, 0.717) is 34.4 Å². The van der Waals surface area contributed by atoms with Crippen LogP contribution in [0.1, 0.15) is 37.3 Å². The fourth-order valence-corrected chi connectivity index (χ4v) is 5.62. The van der Waals surface area contributed by atoms with Gasteiger partial charge in [-0.05, 0) is 42.7 Å². The Morgan fingerprint density at radius 3 is 2.79 bits per heavy atom. The minimum absolute atomic E-state index is 0.187. The number of anilines is 2. The molecule has 0 atom stereocenters. The van der Waals surface area contributed by atoms with E-state index in [0.717, 1.165) is 23.9 Å². The van der Waals surface area contributed by atoms with Gasteiger partial charge in [0, 0.05) is 25.5 Å². The molecule has 2 aromatic heterocycles. The predicted octanol–water partition coefficient (Wildman–Crippen LogP) is 2.72. The van der Waals surface area contributed by atoms with Gasteiger partial charge in [-0.2, -0.15) is 9.40 Å². The summed E-state index contributed by atoms with van der Waals surface area (Å²) >= 11 is 0. The van der Waals surface area contributed by atoms with Crippen molar-refractivity contribution < 1.29 is 8.42 Å². The van der Waals surface area contributed by atoms with Gasteiger partial charge in [-0.1, -0.05) is 12.8 Å². The predicted molar refractivity (Wildman–Crippen MR) is 106 cm³/mol. The van der Waals surface area contributed by atoms with Crippen LogP contribution < -0.4 is 10.9 Å². The first-order valence-electron chi connectivity index (χ1n) is 9.41. The number of benzene rings is 1. The zero-order chi connectivity index (χ0) is 19.5. The molecule has 0 bridgehead atoms. The number of H-pyrrole nitrogens is 1. The maximum atomic E-state index is 12.5. The molecular weight excluding hydrogens is 378 g/mol. The molecule has 1 fully saturated rings. The van der Waals surface area contributed by atoms with Crippen LogP contribution >= 0.6 is 0 Å². The number of sulfonamides is 1. The van der Waals surface area contributed by atoms with E-state index in [1.165, 1.54) is 17.1 Å². The number of hydrogen-bond donors (Lipinski definition) is 2. The van der Waals surface area contributed by atoms with Gasteiger partial charge in [0.2, 0.25) is 10.0 Å². The molecule has 1 saturated carbocycles. The molecule has 1 aliphatic heterocycles. The standard InChI is InChI=1S/C19H21N5O3S/c1-23-11-12-10-13(6-7-16(12)28(23,26)27)21-18-17-15(8-9-20-19(17)25)24(22-18)14-4-2-3-5-14/h6-10,14H,2-5,11H2,1H3,(H,20,25)(H,21,22). The summed E-state index contributed by atoms with van der Waals surface area (Å²) in [5.74, 6) is 0.498. The number of rotatable bonds is 3. The summed E-state index contributed by atoms with van der Waals surface area (Å²) in [7, 11) is -1.82. The van der Waals surface area contributed by atoms with Gasteiger partial charge >= 0.3 is 0 Å². The first kappa shape index (κ1) is 17.4. The third-order valence-corrected chi connectivity index (χ3v) is 7.61. The highest BCUT2D eigenvalue weighted by Gasteiger charge is 2.31. The molecule has 2 N–H and O–H groups in total. The summed E-state index contributed by atoms with van der Waals surface area (Å²) in [4.78, 5) is 15.6. The van der Waals surface area contributed by atoms with Crippen molar-refractivity contribution in [2.24, 2.45) is 0 Å². The molecule has 1 aliphatic carbocycles. The second-order valence-corrected chi connectivity index (χ2v) is 9.52. The zero-order valence-electron chi connectivity index (χ0n) is 15.5. The van der Waals surface area contributed by atoms with Crippen molar-refractivity contribution in [1.82, 2.24) is 19.1 Å². The Balaban J connectivity index is 1.58. The van der Waals surface area contributed by atoms with Crippen molar-refractivity contribution in [1.29, 1.82) is 0 Å². The molecule has 3 heterocycles. The van der Waals surface area contributed by atoms with Gasteiger partial charge in [-0.15, -0.1) is 0 Å². The van der Waals surface area contributed by atoms with Crippen molar-refractivity contribution in [2.45, 2.75) is 43.2 Å². The highest BCUT2D eigenvalue weighted by Crippen LogP contribution is 2.35. The van der Waals surface area contributed by atoms with E-state index in [1.807, 2.05) is 16.8 Å². The molecule has 0 unspecified atom stereocenters. The van der Waals surface area contributed by atoms with E-state index in [-0.39, 0.29) is 5.56 Å². The maximum absolute atomic E-state index is 12.5. The van der Waals surface area contributed by atoms with Gasteiger partial charge < -0.3 is 10.3 Å². The average molecular weight is 399 g/mol. The van der Waals surface area contributed by atoms with Gasteiger partial charge in [0.05, 0.1) is 16.5 Å². The van der Waals surface area contributed by atoms with Crippen LogP contribution in [0.25, 0.3) is 10.9 Å². The van der Waals surface area contributed by atoms with Crippen LogP contribution in [0, 0.1) is 0 Å². The van der Waals surface area contributed by atoms with E-state index >= 15 is 0 Å². The van der Waals surface area contributed by atoms with E-state index in [4.69, 9.17) is 5.10 Å². The molecule has 5 rings (SSSR count). The number of nitrogens with zero attached hydrogens (tertiary/aromatic N) is 3. The van der Waals surface area contributed by atoms with Crippen LogP contribution in [-0.4, -0.2) is 34.5 Å². The molecule has 9 heteroatoms. The Morgan fingerprint density at radius 1 is 1.21 bits per heavy atom. The van der Waals surface area contributed by atoms with E-state index in [2.05, 4.69) is 10.3 Å². The summed E-state index contributed by atoms with van der Waals surface area (Å²) in [6.07, 6.45) is 6.12. The van der Waals surface area contributed by atoms with Gasteiger partial charge in [0.1, 0.15) is 5.39 Å². The summed E-state index contributed by atoms with van der Waals surface area (Å²) in [5, 5.41) is 8.49. The number of aromatic nitrogens is 3. The second kappa shape index (κ2) is 6.18. The molecule has 1 aromatic carbocycles. The third kappa shape index (κ3) is 2.57. The first-order valence-corrected chi connectivity index (χ1v) is 10.9.